The molecule has 3 aromatic rings. The van der Waals surface area contributed by atoms with Gasteiger partial charge in [0.05, 0.1) is 12.1 Å². The zero-order valence-electron chi connectivity index (χ0n) is 15.6. The number of aromatic nitrogens is 1. The van der Waals surface area contributed by atoms with Crippen molar-refractivity contribution in [3.05, 3.63) is 54.1 Å². The van der Waals surface area contributed by atoms with Crippen molar-refractivity contribution in [3.63, 3.8) is 0 Å². The van der Waals surface area contributed by atoms with Gasteiger partial charge in [-0.2, -0.15) is 0 Å². The standard InChI is InChI=1S/C23H26N2O2/c26-13-12-25-22-4-2-1-3-20(22)21-6-5-19(15-23(21)25)27-14-9-18-16-24-10-7-17(18)8-11-24/h1-6,9,15,17,26H,7-8,10-14,16H2/b18-9+. The van der Waals surface area contributed by atoms with Crippen LogP contribution in [0.5, 0.6) is 5.75 Å². The number of piperidine rings is 3. The third kappa shape index (κ3) is 3.03. The lowest BCUT2D eigenvalue weighted by molar-refractivity contribution is 0.160. The summed E-state index contributed by atoms with van der Waals surface area (Å²) in [7, 11) is 0. The quantitative estimate of drug-likeness (QED) is 0.701. The van der Waals surface area contributed by atoms with Crippen molar-refractivity contribution in [2.24, 2.45) is 5.92 Å². The van der Waals surface area contributed by atoms with Crippen molar-refractivity contribution in [3.8, 4) is 5.75 Å². The molecule has 6 rings (SSSR count). The van der Waals surface area contributed by atoms with Crippen molar-refractivity contribution in [1.82, 2.24) is 9.47 Å². The average molecular weight is 362 g/mol. The molecular formula is C23H26N2O2. The summed E-state index contributed by atoms with van der Waals surface area (Å²) < 4.78 is 8.27. The smallest absolute Gasteiger partial charge is 0.121 e. The Morgan fingerprint density at radius 1 is 1.04 bits per heavy atom. The number of aliphatic hydroxyl groups excluding tert-OH is 1. The molecule has 1 N–H and O–H groups in total. The number of nitrogens with zero attached hydrogens (tertiary/aromatic N) is 2. The van der Waals surface area contributed by atoms with Gasteiger partial charge >= 0.3 is 0 Å². The molecule has 4 heteroatoms. The van der Waals surface area contributed by atoms with E-state index in [2.05, 4.69) is 51.9 Å². The van der Waals surface area contributed by atoms with Gasteiger partial charge < -0.3 is 14.4 Å². The first kappa shape index (κ1) is 16.8. The van der Waals surface area contributed by atoms with Crippen LogP contribution in [0.1, 0.15) is 12.8 Å². The minimum atomic E-state index is 0.128. The van der Waals surface area contributed by atoms with Crippen molar-refractivity contribution < 1.29 is 9.84 Å². The first-order chi connectivity index (χ1) is 13.3. The lowest BCUT2D eigenvalue weighted by Crippen LogP contribution is -2.43. The predicted molar refractivity (Wildman–Crippen MR) is 109 cm³/mol. The van der Waals surface area contributed by atoms with Crippen LogP contribution in [0.3, 0.4) is 0 Å². The van der Waals surface area contributed by atoms with Crippen LogP contribution < -0.4 is 4.74 Å². The summed E-state index contributed by atoms with van der Waals surface area (Å²) in [6, 6.07) is 14.7. The molecule has 3 saturated heterocycles. The van der Waals surface area contributed by atoms with Crippen molar-refractivity contribution in [2.45, 2.75) is 19.4 Å². The lowest BCUT2D eigenvalue weighted by atomic mass is 9.84. The molecule has 0 radical (unpaired) electrons. The van der Waals surface area contributed by atoms with Gasteiger partial charge in [0.2, 0.25) is 0 Å². The van der Waals surface area contributed by atoms with Crippen LogP contribution in [-0.4, -0.2) is 47.4 Å². The van der Waals surface area contributed by atoms with E-state index in [9.17, 15) is 5.11 Å². The summed E-state index contributed by atoms with van der Waals surface area (Å²) in [6.07, 6.45) is 4.90. The normalized spacial score (nSPS) is 23.5. The summed E-state index contributed by atoms with van der Waals surface area (Å²) in [6.45, 7) is 4.99. The van der Waals surface area contributed by atoms with E-state index in [1.807, 2.05) is 6.07 Å². The van der Waals surface area contributed by atoms with E-state index in [0.717, 1.165) is 29.2 Å². The maximum Gasteiger partial charge on any atom is 0.121 e. The first-order valence-electron chi connectivity index (χ1n) is 9.99. The molecule has 2 aromatic carbocycles. The molecule has 0 unspecified atom stereocenters. The van der Waals surface area contributed by atoms with Gasteiger partial charge in [0.25, 0.3) is 0 Å². The SMILES string of the molecule is OCCn1c2ccccc2c2ccc(OC/C=C3\CN4CCC3CC4)cc21. The van der Waals surface area contributed by atoms with Gasteiger partial charge in [-0.1, -0.05) is 23.8 Å². The number of para-hydroxylation sites is 1. The van der Waals surface area contributed by atoms with Crippen molar-refractivity contribution >= 4 is 21.8 Å². The number of fused-ring (bicyclic) bond motifs is 6. The second kappa shape index (κ2) is 7.02. The van der Waals surface area contributed by atoms with Crippen LogP contribution >= 0.6 is 0 Å². The fourth-order valence-electron chi connectivity index (χ4n) is 4.79. The van der Waals surface area contributed by atoms with Gasteiger partial charge in [-0.25, -0.2) is 0 Å². The molecule has 27 heavy (non-hydrogen) atoms. The number of hydrogen-bond donors (Lipinski definition) is 1. The molecule has 0 saturated carbocycles. The van der Waals surface area contributed by atoms with Crippen LogP contribution in [0.15, 0.2) is 54.1 Å². The third-order valence-electron chi connectivity index (χ3n) is 6.18. The monoisotopic (exact) mass is 362 g/mol. The highest BCUT2D eigenvalue weighted by Gasteiger charge is 2.28. The Bertz CT molecular complexity index is 996. The van der Waals surface area contributed by atoms with Gasteiger partial charge in [-0.3, -0.25) is 4.90 Å². The van der Waals surface area contributed by atoms with E-state index < -0.39 is 0 Å². The first-order valence-corrected chi connectivity index (χ1v) is 9.99. The minimum absolute atomic E-state index is 0.128. The van der Waals surface area contributed by atoms with Gasteiger partial charge in [-0.15, -0.1) is 0 Å². The van der Waals surface area contributed by atoms with Gasteiger partial charge in [-0.05, 0) is 56.1 Å². The maximum absolute atomic E-state index is 9.50. The summed E-state index contributed by atoms with van der Waals surface area (Å²) in [5, 5.41) is 11.9. The van der Waals surface area contributed by atoms with E-state index in [1.54, 1.807) is 5.57 Å². The Labute approximate surface area is 159 Å². The highest BCUT2D eigenvalue weighted by molar-refractivity contribution is 6.08. The molecule has 2 bridgehead atoms. The summed E-state index contributed by atoms with van der Waals surface area (Å²) in [4.78, 5) is 2.55. The Morgan fingerprint density at radius 2 is 1.85 bits per heavy atom. The van der Waals surface area contributed by atoms with E-state index in [0.29, 0.717) is 13.2 Å². The average Bonchev–Trinajstić information content (AvgIpc) is 3.03. The summed E-state index contributed by atoms with van der Waals surface area (Å²) in [5.74, 6) is 1.66. The molecule has 1 aromatic heterocycles. The van der Waals surface area contributed by atoms with Crippen molar-refractivity contribution in [1.29, 1.82) is 0 Å². The van der Waals surface area contributed by atoms with Gasteiger partial charge in [0.15, 0.2) is 0 Å². The largest absolute Gasteiger partial charge is 0.489 e. The number of hydrogen-bond acceptors (Lipinski definition) is 3. The second-order valence-corrected chi connectivity index (χ2v) is 7.71. The number of aliphatic hydroxyl groups is 1. The van der Waals surface area contributed by atoms with E-state index in [1.165, 1.54) is 36.7 Å². The zero-order valence-corrected chi connectivity index (χ0v) is 15.6. The Balaban J connectivity index is 1.41. The minimum Gasteiger partial charge on any atom is -0.489 e. The van der Waals surface area contributed by atoms with Crippen LogP contribution in [-0.2, 0) is 6.54 Å². The fraction of sp³-hybridized carbons (Fsp3) is 0.391. The highest BCUT2D eigenvalue weighted by atomic mass is 16.5. The number of rotatable bonds is 5. The molecule has 4 nitrogen and oxygen atoms in total. The van der Waals surface area contributed by atoms with Crippen LogP contribution in [0, 0.1) is 5.92 Å². The molecule has 3 aliphatic heterocycles. The molecule has 0 aliphatic carbocycles. The molecular weight excluding hydrogens is 336 g/mol. The lowest BCUT2D eigenvalue weighted by Gasteiger charge is -2.41. The molecule has 4 heterocycles. The molecule has 140 valence electrons. The second-order valence-electron chi connectivity index (χ2n) is 7.71. The molecule has 0 spiro atoms. The van der Waals surface area contributed by atoms with E-state index in [-0.39, 0.29) is 6.61 Å². The predicted octanol–water partition coefficient (Wildman–Crippen LogP) is 3.82. The summed E-state index contributed by atoms with van der Waals surface area (Å²) in [5.41, 5.74) is 3.84. The topological polar surface area (TPSA) is 37.6 Å². The van der Waals surface area contributed by atoms with Crippen LogP contribution in [0.2, 0.25) is 0 Å². The fourth-order valence-corrected chi connectivity index (χ4v) is 4.79. The van der Waals surface area contributed by atoms with Gasteiger partial charge in [0.1, 0.15) is 12.4 Å². The Hall–Kier alpha value is -2.30. The summed E-state index contributed by atoms with van der Waals surface area (Å²) >= 11 is 0. The Kier molecular flexibility index (Phi) is 4.38. The van der Waals surface area contributed by atoms with Gasteiger partial charge in [0, 0.05) is 35.4 Å². The number of benzene rings is 2. The zero-order chi connectivity index (χ0) is 18.2. The molecule has 3 aliphatic rings. The van der Waals surface area contributed by atoms with Crippen LogP contribution in [0.4, 0.5) is 0 Å². The maximum atomic E-state index is 9.50. The highest BCUT2D eigenvalue weighted by Crippen LogP contribution is 2.33. The molecule has 3 fully saturated rings. The molecule has 0 amide bonds. The third-order valence-corrected chi connectivity index (χ3v) is 6.18. The molecule has 0 atom stereocenters. The van der Waals surface area contributed by atoms with E-state index in [4.69, 9.17) is 4.74 Å². The number of ether oxygens (including phenoxy) is 1. The van der Waals surface area contributed by atoms with E-state index >= 15 is 0 Å². The Morgan fingerprint density at radius 3 is 2.63 bits per heavy atom. The van der Waals surface area contributed by atoms with Crippen molar-refractivity contribution in [2.75, 3.05) is 32.8 Å². The van der Waals surface area contributed by atoms with Crippen LogP contribution in [0.25, 0.3) is 21.8 Å².